The molecule has 0 atom stereocenters. The molecule has 0 N–H and O–H groups in total. The standard InChI is InChI=1S/C19H21N3O/c1-2-11-22-19(23)17(9-10-20)13-18(21-22)16-8-7-14-5-3-4-6-15(14)12-16/h7-8,12-13H,2-6,9,11H2,1H3. The minimum atomic E-state index is -0.143. The number of benzene rings is 1. The van der Waals surface area contributed by atoms with Crippen LogP contribution in [0.25, 0.3) is 11.3 Å². The van der Waals surface area contributed by atoms with Crippen LogP contribution in [0.4, 0.5) is 0 Å². The highest BCUT2D eigenvalue weighted by molar-refractivity contribution is 5.61. The lowest BCUT2D eigenvalue weighted by Gasteiger charge is -2.17. The largest absolute Gasteiger partial charge is 0.271 e. The molecule has 0 aliphatic heterocycles. The van der Waals surface area contributed by atoms with E-state index in [1.807, 2.05) is 6.92 Å². The van der Waals surface area contributed by atoms with Crippen molar-refractivity contribution in [1.82, 2.24) is 9.78 Å². The van der Waals surface area contributed by atoms with Gasteiger partial charge in [-0.05, 0) is 55.4 Å². The van der Waals surface area contributed by atoms with Crippen LogP contribution in [0.3, 0.4) is 0 Å². The summed E-state index contributed by atoms with van der Waals surface area (Å²) >= 11 is 0. The van der Waals surface area contributed by atoms with E-state index in [1.54, 1.807) is 6.07 Å². The van der Waals surface area contributed by atoms with E-state index in [2.05, 4.69) is 29.4 Å². The molecule has 3 rings (SSSR count). The van der Waals surface area contributed by atoms with Gasteiger partial charge in [0.2, 0.25) is 0 Å². The Labute approximate surface area is 136 Å². The first-order valence-corrected chi connectivity index (χ1v) is 8.33. The number of hydrogen-bond acceptors (Lipinski definition) is 3. The van der Waals surface area contributed by atoms with Gasteiger partial charge in [0, 0.05) is 17.7 Å². The highest BCUT2D eigenvalue weighted by atomic mass is 16.1. The molecule has 1 aliphatic rings. The first-order valence-electron chi connectivity index (χ1n) is 8.33. The van der Waals surface area contributed by atoms with Crippen molar-refractivity contribution >= 4 is 0 Å². The normalized spacial score (nSPS) is 13.4. The van der Waals surface area contributed by atoms with Gasteiger partial charge in [-0.1, -0.05) is 19.1 Å². The molecular weight excluding hydrogens is 286 g/mol. The SMILES string of the molecule is CCCn1nc(-c2ccc3c(c2)CCCC3)cc(CC#N)c1=O. The van der Waals surface area contributed by atoms with Gasteiger partial charge in [-0.3, -0.25) is 4.79 Å². The molecule has 0 spiro atoms. The van der Waals surface area contributed by atoms with Crippen LogP contribution in [0.2, 0.25) is 0 Å². The molecule has 1 heterocycles. The van der Waals surface area contributed by atoms with Crippen molar-refractivity contribution in [3.8, 4) is 17.3 Å². The highest BCUT2D eigenvalue weighted by Gasteiger charge is 2.13. The monoisotopic (exact) mass is 307 g/mol. The predicted molar refractivity (Wildman–Crippen MR) is 90.2 cm³/mol. The molecule has 2 aromatic rings. The third-order valence-corrected chi connectivity index (χ3v) is 4.40. The van der Waals surface area contributed by atoms with Crippen LogP contribution < -0.4 is 5.56 Å². The van der Waals surface area contributed by atoms with Gasteiger partial charge in [0.25, 0.3) is 5.56 Å². The number of nitriles is 1. The fourth-order valence-electron chi connectivity index (χ4n) is 3.21. The van der Waals surface area contributed by atoms with Crippen LogP contribution in [-0.2, 0) is 25.8 Å². The maximum Gasteiger partial charge on any atom is 0.271 e. The summed E-state index contributed by atoms with van der Waals surface area (Å²) in [5.74, 6) is 0. The van der Waals surface area contributed by atoms with E-state index in [0.29, 0.717) is 12.1 Å². The summed E-state index contributed by atoms with van der Waals surface area (Å²) in [6, 6.07) is 10.3. The summed E-state index contributed by atoms with van der Waals surface area (Å²) in [4.78, 5) is 12.3. The smallest absolute Gasteiger partial charge is 0.267 e. The maximum atomic E-state index is 12.3. The Hall–Kier alpha value is -2.41. The molecule has 23 heavy (non-hydrogen) atoms. The van der Waals surface area contributed by atoms with Crippen LogP contribution in [0.5, 0.6) is 0 Å². The van der Waals surface area contributed by atoms with Crippen LogP contribution in [0.15, 0.2) is 29.1 Å². The first-order chi connectivity index (χ1) is 11.2. The van der Waals surface area contributed by atoms with Gasteiger partial charge in [0.15, 0.2) is 0 Å². The molecule has 0 fully saturated rings. The van der Waals surface area contributed by atoms with Gasteiger partial charge >= 0.3 is 0 Å². The number of nitrogens with zero attached hydrogens (tertiary/aromatic N) is 3. The van der Waals surface area contributed by atoms with Crippen molar-refractivity contribution in [2.75, 3.05) is 0 Å². The Morgan fingerprint density at radius 1 is 1.22 bits per heavy atom. The van der Waals surface area contributed by atoms with E-state index in [0.717, 1.165) is 30.5 Å². The molecule has 0 radical (unpaired) electrons. The van der Waals surface area contributed by atoms with Crippen molar-refractivity contribution < 1.29 is 0 Å². The molecular formula is C19H21N3O. The minimum absolute atomic E-state index is 0.128. The van der Waals surface area contributed by atoms with Crippen molar-refractivity contribution in [3.63, 3.8) is 0 Å². The zero-order valence-corrected chi connectivity index (χ0v) is 13.5. The van der Waals surface area contributed by atoms with Crippen LogP contribution in [0.1, 0.15) is 42.9 Å². The Balaban J connectivity index is 2.08. The summed E-state index contributed by atoms with van der Waals surface area (Å²) < 4.78 is 1.50. The number of aryl methyl sites for hydroxylation is 3. The van der Waals surface area contributed by atoms with E-state index < -0.39 is 0 Å². The highest BCUT2D eigenvalue weighted by Crippen LogP contribution is 2.26. The molecule has 0 saturated carbocycles. The molecule has 1 aliphatic carbocycles. The lowest BCUT2D eigenvalue weighted by Crippen LogP contribution is -2.26. The van der Waals surface area contributed by atoms with E-state index in [9.17, 15) is 4.79 Å². The van der Waals surface area contributed by atoms with Crippen molar-refractivity contribution in [2.45, 2.75) is 52.0 Å². The second-order valence-electron chi connectivity index (χ2n) is 6.11. The third kappa shape index (κ3) is 3.19. The number of hydrogen-bond donors (Lipinski definition) is 0. The zero-order valence-electron chi connectivity index (χ0n) is 13.5. The van der Waals surface area contributed by atoms with Crippen molar-refractivity contribution in [1.29, 1.82) is 5.26 Å². The van der Waals surface area contributed by atoms with Crippen LogP contribution in [-0.4, -0.2) is 9.78 Å². The van der Waals surface area contributed by atoms with Gasteiger partial charge in [-0.15, -0.1) is 0 Å². The van der Waals surface area contributed by atoms with Crippen molar-refractivity contribution in [3.05, 3.63) is 51.3 Å². The van der Waals surface area contributed by atoms with Gasteiger partial charge < -0.3 is 0 Å². The van der Waals surface area contributed by atoms with Gasteiger partial charge in [-0.2, -0.15) is 10.4 Å². The quantitative estimate of drug-likeness (QED) is 0.871. The summed E-state index contributed by atoms with van der Waals surface area (Å²) in [5, 5.41) is 13.5. The predicted octanol–water partition coefficient (Wildman–Crippen LogP) is 3.27. The second kappa shape index (κ2) is 6.78. The molecule has 4 heteroatoms. The van der Waals surface area contributed by atoms with Gasteiger partial charge in [0.05, 0.1) is 18.2 Å². The topological polar surface area (TPSA) is 58.7 Å². The van der Waals surface area contributed by atoms with E-state index in [-0.39, 0.29) is 12.0 Å². The average Bonchev–Trinajstić information content (AvgIpc) is 2.58. The van der Waals surface area contributed by atoms with Crippen LogP contribution >= 0.6 is 0 Å². The molecule has 0 unspecified atom stereocenters. The number of fused-ring (bicyclic) bond motifs is 1. The number of aromatic nitrogens is 2. The fraction of sp³-hybridized carbons (Fsp3) is 0.421. The molecule has 0 amide bonds. The first kappa shape index (κ1) is 15.5. The zero-order chi connectivity index (χ0) is 16.2. The average molecular weight is 307 g/mol. The van der Waals surface area contributed by atoms with Gasteiger partial charge in [0.1, 0.15) is 0 Å². The van der Waals surface area contributed by atoms with E-state index in [4.69, 9.17) is 5.26 Å². The molecule has 1 aromatic heterocycles. The van der Waals surface area contributed by atoms with Crippen molar-refractivity contribution in [2.24, 2.45) is 0 Å². The van der Waals surface area contributed by atoms with Crippen LogP contribution in [0, 0.1) is 11.3 Å². The molecule has 4 nitrogen and oxygen atoms in total. The summed E-state index contributed by atoms with van der Waals surface area (Å²) in [5.41, 5.74) is 5.04. The Bertz CT molecular complexity index is 814. The fourth-order valence-corrected chi connectivity index (χ4v) is 3.21. The molecule has 0 bridgehead atoms. The molecule has 0 saturated heterocycles. The Morgan fingerprint density at radius 2 is 2.00 bits per heavy atom. The summed E-state index contributed by atoms with van der Waals surface area (Å²) in [6.45, 7) is 2.60. The second-order valence-corrected chi connectivity index (χ2v) is 6.11. The molecule has 118 valence electrons. The Morgan fingerprint density at radius 3 is 2.74 bits per heavy atom. The lowest BCUT2D eigenvalue weighted by molar-refractivity contribution is 0.566. The summed E-state index contributed by atoms with van der Waals surface area (Å²) in [7, 11) is 0. The Kier molecular flexibility index (Phi) is 4.57. The lowest BCUT2D eigenvalue weighted by atomic mass is 9.90. The maximum absolute atomic E-state index is 12.3. The van der Waals surface area contributed by atoms with E-state index in [1.165, 1.54) is 28.7 Å². The van der Waals surface area contributed by atoms with E-state index >= 15 is 0 Å². The third-order valence-electron chi connectivity index (χ3n) is 4.40. The number of rotatable bonds is 4. The minimum Gasteiger partial charge on any atom is -0.267 e. The summed E-state index contributed by atoms with van der Waals surface area (Å²) in [6.07, 6.45) is 5.73. The molecule has 1 aromatic carbocycles. The van der Waals surface area contributed by atoms with Gasteiger partial charge in [-0.25, -0.2) is 4.68 Å².